The Morgan fingerprint density at radius 1 is 1.32 bits per heavy atom. The number of aryl methyl sites for hydroxylation is 1. The summed E-state index contributed by atoms with van der Waals surface area (Å²) in [6, 6.07) is 8.83. The first kappa shape index (κ1) is 21.2. The van der Waals surface area contributed by atoms with Gasteiger partial charge < -0.3 is 14.9 Å². The van der Waals surface area contributed by atoms with E-state index in [2.05, 4.69) is 20.3 Å². The number of aromatic nitrogens is 5. The maximum atomic E-state index is 12.8. The van der Waals surface area contributed by atoms with Crippen LogP contribution in [-0.2, 0) is 20.1 Å². The van der Waals surface area contributed by atoms with Crippen molar-refractivity contribution < 1.29 is 4.79 Å². The van der Waals surface area contributed by atoms with Gasteiger partial charge in [-0.2, -0.15) is 0 Å². The van der Waals surface area contributed by atoms with E-state index in [0.29, 0.717) is 45.2 Å². The fourth-order valence-corrected chi connectivity index (χ4v) is 3.92. The quantitative estimate of drug-likeness (QED) is 0.293. The summed E-state index contributed by atoms with van der Waals surface area (Å²) in [5.74, 6) is -0.0714. The molecule has 0 amide bonds. The molecule has 0 saturated carbocycles. The average Bonchev–Trinajstić information content (AvgIpc) is 3.36. The minimum atomic E-state index is -0.282. The molecule has 1 aromatic carbocycles. The van der Waals surface area contributed by atoms with Crippen LogP contribution in [0.25, 0.3) is 11.2 Å². The van der Waals surface area contributed by atoms with Crippen LogP contribution < -0.4 is 10.9 Å². The van der Waals surface area contributed by atoms with E-state index in [9.17, 15) is 9.59 Å². The Kier molecular flexibility index (Phi) is 5.90. The van der Waals surface area contributed by atoms with Crippen molar-refractivity contribution in [2.75, 3.05) is 0 Å². The molecular formula is C21H21ClN6O2S. The first-order valence-electron chi connectivity index (χ1n) is 9.68. The Balaban J connectivity index is 1.47. The molecule has 0 fully saturated rings. The molecule has 0 saturated heterocycles. The Hall–Kier alpha value is -3.01. The van der Waals surface area contributed by atoms with Gasteiger partial charge in [0.1, 0.15) is 5.52 Å². The minimum absolute atomic E-state index is 0.0273. The monoisotopic (exact) mass is 456 g/mol. The lowest BCUT2D eigenvalue weighted by Crippen LogP contribution is -2.31. The molecule has 0 bridgehead atoms. The zero-order valence-electron chi connectivity index (χ0n) is 17.0. The third-order valence-electron chi connectivity index (χ3n) is 5.11. The molecule has 160 valence electrons. The SMILES string of the molecule is CC(Cn1c(=S)[nH]c(=O)c2[nH]cnc21)NCc1cc(C(=O)c2cccc(Cl)c2)cn1C. The molecule has 3 heterocycles. The van der Waals surface area contributed by atoms with E-state index >= 15 is 0 Å². The highest BCUT2D eigenvalue weighted by Crippen LogP contribution is 2.17. The van der Waals surface area contributed by atoms with E-state index in [1.54, 1.807) is 28.8 Å². The van der Waals surface area contributed by atoms with Gasteiger partial charge in [0.05, 0.1) is 6.33 Å². The topological polar surface area (TPSA) is 100 Å². The molecule has 4 aromatic rings. The smallest absolute Gasteiger partial charge is 0.277 e. The number of fused-ring (bicyclic) bond motifs is 1. The van der Waals surface area contributed by atoms with Crippen molar-refractivity contribution in [3.63, 3.8) is 0 Å². The number of carbonyl (C=O) groups is 1. The number of rotatable bonds is 7. The summed E-state index contributed by atoms with van der Waals surface area (Å²) in [5, 5.41) is 3.97. The van der Waals surface area contributed by atoms with Crippen LogP contribution in [0, 0.1) is 4.77 Å². The highest BCUT2D eigenvalue weighted by Gasteiger charge is 2.15. The predicted octanol–water partition coefficient (Wildman–Crippen LogP) is 3.18. The molecule has 1 atom stereocenters. The molecule has 31 heavy (non-hydrogen) atoms. The summed E-state index contributed by atoms with van der Waals surface area (Å²) >= 11 is 11.3. The van der Waals surface area contributed by atoms with Gasteiger partial charge in [-0.05, 0) is 37.3 Å². The fourth-order valence-electron chi connectivity index (χ4n) is 3.48. The van der Waals surface area contributed by atoms with E-state index in [-0.39, 0.29) is 17.4 Å². The molecule has 0 spiro atoms. The van der Waals surface area contributed by atoms with Crippen LogP contribution in [0.1, 0.15) is 28.5 Å². The number of aromatic amines is 2. The second-order valence-electron chi connectivity index (χ2n) is 7.42. The van der Waals surface area contributed by atoms with Crippen molar-refractivity contribution in [2.45, 2.75) is 26.1 Å². The van der Waals surface area contributed by atoms with Crippen LogP contribution >= 0.6 is 23.8 Å². The number of H-pyrrole nitrogens is 2. The number of ketones is 1. The van der Waals surface area contributed by atoms with Crippen LogP contribution in [-0.4, -0.2) is 35.9 Å². The molecule has 0 aliphatic heterocycles. The van der Waals surface area contributed by atoms with Gasteiger partial charge in [-0.15, -0.1) is 0 Å². The third-order valence-corrected chi connectivity index (χ3v) is 5.67. The molecule has 1 unspecified atom stereocenters. The lowest BCUT2D eigenvalue weighted by atomic mass is 10.1. The third kappa shape index (κ3) is 4.39. The van der Waals surface area contributed by atoms with Gasteiger partial charge in [-0.1, -0.05) is 23.7 Å². The van der Waals surface area contributed by atoms with Gasteiger partial charge in [0.25, 0.3) is 5.56 Å². The van der Waals surface area contributed by atoms with Crippen LogP contribution in [0.4, 0.5) is 0 Å². The molecule has 10 heteroatoms. The van der Waals surface area contributed by atoms with Gasteiger partial charge in [-0.3, -0.25) is 19.1 Å². The van der Waals surface area contributed by atoms with Crippen LogP contribution in [0.5, 0.6) is 0 Å². The van der Waals surface area contributed by atoms with Crippen molar-refractivity contribution in [1.82, 2.24) is 29.4 Å². The van der Waals surface area contributed by atoms with Crippen molar-refractivity contribution in [3.05, 3.63) is 79.8 Å². The van der Waals surface area contributed by atoms with Gasteiger partial charge in [-0.25, -0.2) is 4.98 Å². The summed E-state index contributed by atoms with van der Waals surface area (Å²) in [7, 11) is 1.90. The molecule has 0 aliphatic carbocycles. The maximum Gasteiger partial charge on any atom is 0.277 e. The van der Waals surface area contributed by atoms with E-state index in [0.717, 1.165) is 5.69 Å². The molecule has 3 aromatic heterocycles. The van der Waals surface area contributed by atoms with E-state index in [1.807, 2.05) is 30.8 Å². The molecule has 3 N–H and O–H groups in total. The maximum absolute atomic E-state index is 12.8. The first-order chi connectivity index (χ1) is 14.8. The van der Waals surface area contributed by atoms with Gasteiger partial charge in [0, 0.05) is 54.2 Å². The van der Waals surface area contributed by atoms with Crippen LogP contribution in [0.2, 0.25) is 5.02 Å². The zero-order valence-corrected chi connectivity index (χ0v) is 18.5. The number of benzene rings is 1. The van der Waals surface area contributed by atoms with Gasteiger partial charge in [0.2, 0.25) is 0 Å². The largest absolute Gasteiger partial charge is 0.353 e. The zero-order chi connectivity index (χ0) is 22.1. The van der Waals surface area contributed by atoms with Crippen LogP contribution in [0.15, 0.2) is 47.7 Å². The Labute approximate surface area is 187 Å². The predicted molar refractivity (Wildman–Crippen MR) is 122 cm³/mol. The van der Waals surface area contributed by atoms with Crippen LogP contribution in [0.3, 0.4) is 0 Å². The summed E-state index contributed by atoms with van der Waals surface area (Å²) in [5.41, 5.74) is 2.77. The number of halogens is 1. The second-order valence-corrected chi connectivity index (χ2v) is 8.25. The number of hydrogen-bond donors (Lipinski definition) is 3. The lowest BCUT2D eigenvalue weighted by Gasteiger charge is -2.16. The van der Waals surface area contributed by atoms with E-state index in [4.69, 9.17) is 23.8 Å². The second kappa shape index (κ2) is 8.62. The number of nitrogens with zero attached hydrogens (tertiary/aromatic N) is 3. The summed E-state index contributed by atoms with van der Waals surface area (Å²) in [6.45, 7) is 3.10. The summed E-state index contributed by atoms with van der Waals surface area (Å²) in [4.78, 5) is 34.5. The van der Waals surface area contributed by atoms with E-state index < -0.39 is 0 Å². The Bertz CT molecular complexity index is 1380. The highest BCUT2D eigenvalue weighted by molar-refractivity contribution is 7.71. The Morgan fingerprint density at radius 2 is 2.13 bits per heavy atom. The number of carbonyl (C=O) groups excluding carboxylic acids is 1. The standard InChI is InChI=1S/C21H21ClN6O2S/c1-12(9-28-19-17(24-11-25-19)20(30)26-21(28)31)23-8-16-7-14(10-27(16)2)18(29)13-4-3-5-15(22)6-13/h3-7,10-12,23H,8-9H2,1-2H3,(H,24,25)(H,26,30,31). The van der Waals surface area contributed by atoms with Gasteiger partial charge in [0.15, 0.2) is 16.2 Å². The number of imidazole rings is 1. The van der Waals surface area contributed by atoms with Crippen molar-refractivity contribution >= 4 is 40.8 Å². The number of nitrogens with one attached hydrogen (secondary N) is 3. The molecule has 8 nitrogen and oxygen atoms in total. The number of hydrogen-bond acceptors (Lipinski definition) is 5. The minimum Gasteiger partial charge on any atom is -0.353 e. The highest BCUT2D eigenvalue weighted by atomic mass is 35.5. The average molecular weight is 457 g/mol. The van der Waals surface area contributed by atoms with Crippen molar-refractivity contribution in [2.24, 2.45) is 7.05 Å². The summed E-state index contributed by atoms with van der Waals surface area (Å²) in [6.07, 6.45) is 3.29. The first-order valence-corrected chi connectivity index (χ1v) is 10.5. The van der Waals surface area contributed by atoms with Crippen molar-refractivity contribution in [3.8, 4) is 0 Å². The molecule has 0 radical (unpaired) electrons. The molecule has 4 rings (SSSR count). The van der Waals surface area contributed by atoms with Gasteiger partial charge >= 0.3 is 0 Å². The molecule has 0 aliphatic rings. The lowest BCUT2D eigenvalue weighted by molar-refractivity contribution is 0.103. The Morgan fingerprint density at radius 3 is 2.90 bits per heavy atom. The fraction of sp³-hybridized carbons (Fsp3) is 0.238. The normalized spacial score (nSPS) is 12.4. The molecular weight excluding hydrogens is 436 g/mol. The van der Waals surface area contributed by atoms with Crippen molar-refractivity contribution in [1.29, 1.82) is 0 Å². The van der Waals surface area contributed by atoms with E-state index in [1.165, 1.54) is 6.33 Å². The summed E-state index contributed by atoms with van der Waals surface area (Å²) < 4.78 is 4.04.